The highest BCUT2D eigenvalue weighted by Gasteiger charge is 2.18. The van der Waals surface area contributed by atoms with Crippen molar-refractivity contribution in [1.29, 1.82) is 0 Å². The maximum absolute atomic E-state index is 12.8. The summed E-state index contributed by atoms with van der Waals surface area (Å²) < 4.78 is 1.97. The van der Waals surface area contributed by atoms with Gasteiger partial charge >= 0.3 is 0 Å². The minimum atomic E-state index is -0.188. The van der Waals surface area contributed by atoms with E-state index in [4.69, 9.17) is 0 Å². The predicted octanol–water partition coefficient (Wildman–Crippen LogP) is 5.46. The van der Waals surface area contributed by atoms with Crippen molar-refractivity contribution in [2.24, 2.45) is 0 Å². The van der Waals surface area contributed by atoms with Gasteiger partial charge in [0, 0.05) is 35.6 Å². The second-order valence-corrected chi connectivity index (χ2v) is 9.18. The number of hydrogen-bond donors (Lipinski definition) is 1. The number of aromatic nitrogens is 3. The topological polar surface area (TPSA) is 80.1 Å². The summed E-state index contributed by atoms with van der Waals surface area (Å²) in [6.45, 7) is 7.20. The number of carbonyl (C=O) groups is 2. The van der Waals surface area contributed by atoms with E-state index in [9.17, 15) is 9.59 Å². The Labute approximate surface area is 215 Å². The third-order valence-electron chi connectivity index (χ3n) is 5.73. The Kier molecular flexibility index (Phi) is 8.17. The van der Waals surface area contributed by atoms with Crippen molar-refractivity contribution in [3.8, 4) is 17.1 Å². The summed E-state index contributed by atoms with van der Waals surface area (Å²) in [5.74, 6) is 0.620. The van der Waals surface area contributed by atoms with Crippen LogP contribution in [0.1, 0.15) is 29.8 Å². The number of hydrogen-bond acceptors (Lipinski definition) is 5. The van der Waals surface area contributed by atoms with Crippen molar-refractivity contribution < 1.29 is 9.59 Å². The van der Waals surface area contributed by atoms with Crippen molar-refractivity contribution in [2.75, 3.05) is 24.2 Å². The Hall–Kier alpha value is -3.91. The van der Waals surface area contributed by atoms with Gasteiger partial charge in [-0.2, -0.15) is 0 Å². The molecule has 2 amide bonds. The van der Waals surface area contributed by atoms with Crippen LogP contribution in [0.4, 0.5) is 5.69 Å². The van der Waals surface area contributed by atoms with Crippen molar-refractivity contribution in [2.45, 2.75) is 25.9 Å². The van der Waals surface area contributed by atoms with Crippen LogP contribution in [0, 0.1) is 6.92 Å². The molecule has 4 aromatic rings. The molecule has 36 heavy (non-hydrogen) atoms. The first-order valence-corrected chi connectivity index (χ1v) is 12.9. The Morgan fingerprint density at radius 2 is 1.64 bits per heavy atom. The molecular weight excluding hydrogens is 470 g/mol. The SMILES string of the molecule is CCN(CC)C(=O)c1cccc(NC(=O)CSc2nnc(-c3ccccc3)n2-c2ccc(C)cc2)c1. The first kappa shape index (κ1) is 25.2. The lowest BCUT2D eigenvalue weighted by Gasteiger charge is -2.19. The van der Waals surface area contributed by atoms with Crippen LogP contribution in [0.5, 0.6) is 0 Å². The van der Waals surface area contributed by atoms with Gasteiger partial charge in [-0.3, -0.25) is 14.2 Å². The van der Waals surface area contributed by atoms with E-state index in [0.29, 0.717) is 35.3 Å². The second-order valence-electron chi connectivity index (χ2n) is 8.24. The highest BCUT2D eigenvalue weighted by molar-refractivity contribution is 7.99. The van der Waals surface area contributed by atoms with E-state index in [0.717, 1.165) is 16.8 Å². The zero-order valence-electron chi connectivity index (χ0n) is 20.6. The van der Waals surface area contributed by atoms with Crippen molar-refractivity contribution in [3.05, 3.63) is 90.0 Å². The standard InChI is InChI=1S/C28H29N5O2S/c1-4-32(5-2)27(35)22-12-9-13-23(18-22)29-25(34)19-36-28-31-30-26(21-10-7-6-8-11-21)33(28)24-16-14-20(3)15-17-24/h6-18H,4-5,19H2,1-3H3,(H,29,34). The number of aryl methyl sites for hydroxylation is 1. The third-order valence-corrected chi connectivity index (χ3v) is 6.66. The molecule has 0 aliphatic carbocycles. The zero-order valence-corrected chi connectivity index (χ0v) is 21.5. The largest absolute Gasteiger partial charge is 0.339 e. The van der Waals surface area contributed by atoms with E-state index in [1.807, 2.05) is 79.9 Å². The number of nitrogens with zero attached hydrogens (tertiary/aromatic N) is 4. The van der Waals surface area contributed by atoms with Crippen LogP contribution in [-0.4, -0.2) is 50.3 Å². The number of rotatable bonds is 9. The van der Waals surface area contributed by atoms with Crippen molar-refractivity contribution >= 4 is 29.3 Å². The molecule has 0 bridgehead atoms. The minimum absolute atomic E-state index is 0.0508. The summed E-state index contributed by atoms with van der Waals surface area (Å²) in [7, 11) is 0. The molecule has 4 rings (SSSR count). The van der Waals surface area contributed by atoms with Crippen LogP contribution < -0.4 is 5.32 Å². The van der Waals surface area contributed by atoms with E-state index < -0.39 is 0 Å². The van der Waals surface area contributed by atoms with Gasteiger partial charge in [0.05, 0.1) is 5.75 Å². The quantitative estimate of drug-likeness (QED) is 0.310. The maximum Gasteiger partial charge on any atom is 0.253 e. The maximum atomic E-state index is 12.8. The summed E-state index contributed by atoms with van der Waals surface area (Å²) in [6.07, 6.45) is 0. The summed E-state index contributed by atoms with van der Waals surface area (Å²) in [4.78, 5) is 27.2. The van der Waals surface area contributed by atoms with E-state index in [1.54, 1.807) is 29.2 Å². The van der Waals surface area contributed by atoms with Crippen LogP contribution in [0.2, 0.25) is 0 Å². The van der Waals surface area contributed by atoms with Crippen LogP contribution in [-0.2, 0) is 4.79 Å². The van der Waals surface area contributed by atoms with Crippen LogP contribution >= 0.6 is 11.8 Å². The van der Waals surface area contributed by atoms with Gasteiger partial charge in [-0.1, -0.05) is 65.9 Å². The fourth-order valence-corrected chi connectivity index (χ4v) is 4.57. The lowest BCUT2D eigenvalue weighted by molar-refractivity contribution is -0.113. The monoisotopic (exact) mass is 499 g/mol. The number of anilines is 1. The van der Waals surface area contributed by atoms with Gasteiger partial charge < -0.3 is 10.2 Å². The van der Waals surface area contributed by atoms with Gasteiger partial charge in [0.2, 0.25) is 5.91 Å². The number of nitrogens with one attached hydrogen (secondary N) is 1. The smallest absolute Gasteiger partial charge is 0.253 e. The van der Waals surface area contributed by atoms with E-state index >= 15 is 0 Å². The van der Waals surface area contributed by atoms with Crippen LogP contribution in [0.3, 0.4) is 0 Å². The van der Waals surface area contributed by atoms with Gasteiger partial charge in [-0.25, -0.2) is 0 Å². The number of thioether (sulfide) groups is 1. The summed E-state index contributed by atoms with van der Waals surface area (Å²) >= 11 is 1.31. The molecule has 0 aliphatic rings. The van der Waals surface area contributed by atoms with Gasteiger partial charge in [-0.05, 0) is 51.1 Å². The molecular formula is C28H29N5O2S. The molecule has 0 saturated carbocycles. The minimum Gasteiger partial charge on any atom is -0.339 e. The summed E-state index contributed by atoms with van der Waals surface area (Å²) in [6, 6.07) is 25.0. The van der Waals surface area contributed by atoms with Gasteiger partial charge in [0.25, 0.3) is 5.91 Å². The van der Waals surface area contributed by atoms with E-state index in [-0.39, 0.29) is 17.6 Å². The Bertz CT molecular complexity index is 1330. The Morgan fingerprint density at radius 1 is 0.917 bits per heavy atom. The first-order chi connectivity index (χ1) is 17.5. The molecule has 0 spiro atoms. The van der Waals surface area contributed by atoms with E-state index in [1.165, 1.54) is 11.8 Å². The molecule has 1 aromatic heterocycles. The molecule has 0 fully saturated rings. The third kappa shape index (κ3) is 5.83. The molecule has 7 nitrogen and oxygen atoms in total. The van der Waals surface area contributed by atoms with Crippen LogP contribution in [0.15, 0.2) is 84.0 Å². The molecule has 1 N–H and O–H groups in total. The Balaban J connectivity index is 1.51. The number of carbonyl (C=O) groups excluding carboxylic acids is 2. The van der Waals surface area contributed by atoms with Gasteiger partial charge in [-0.15, -0.1) is 10.2 Å². The number of amides is 2. The molecule has 8 heteroatoms. The summed E-state index contributed by atoms with van der Waals surface area (Å²) in [5.41, 5.74) is 4.16. The predicted molar refractivity (Wildman–Crippen MR) is 145 cm³/mol. The van der Waals surface area contributed by atoms with Crippen molar-refractivity contribution in [1.82, 2.24) is 19.7 Å². The fourth-order valence-electron chi connectivity index (χ4n) is 3.81. The highest BCUT2D eigenvalue weighted by Crippen LogP contribution is 2.28. The molecule has 0 unspecified atom stereocenters. The number of benzene rings is 3. The molecule has 0 radical (unpaired) electrons. The average molecular weight is 500 g/mol. The average Bonchev–Trinajstić information content (AvgIpc) is 3.33. The molecule has 1 heterocycles. The highest BCUT2D eigenvalue weighted by atomic mass is 32.2. The fraction of sp³-hybridized carbons (Fsp3) is 0.214. The Morgan fingerprint density at radius 3 is 2.33 bits per heavy atom. The molecule has 0 saturated heterocycles. The first-order valence-electron chi connectivity index (χ1n) is 11.9. The van der Waals surface area contributed by atoms with Crippen molar-refractivity contribution in [3.63, 3.8) is 0 Å². The molecule has 0 atom stereocenters. The van der Waals surface area contributed by atoms with Gasteiger partial charge in [0.1, 0.15) is 0 Å². The second kappa shape index (κ2) is 11.7. The normalized spacial score (nSPS) is 10.8. The van der Waals surface area contributed by atoms with E-state index in [2.05, 4.69) is 15.5 Å². The molecule has 184 valence electrons. The summed E-state index contributed by atoms with van der Waals surface area (Å²) in [5, 5.41) is 12.3. The zero-order chi connectivity index (χ0) is 25.5. The molecule has 0 aliphatic heterocycles. The van der Waals surface area contributed by atoms with Gasteiger partial charge in [0.15, 0.2) is 11.0 Å². The molecule has 3 aromatic carbocycles. The lowest BCUT2D eigenvalue weighted by atomic mass is 10.1. The lowest BCUT2D eigenvalue weighted by Crippen LogP contribution is -2.30. The van der Waals surface area contributed by atoms with Crippen LogP contribution in [0.25, 0.3) is 17.1 Å².